The van der Waals surface area contributed by atoms with E-state index in [-0.39, 0.29) is 16.9 Å². The normalized spacial score (nSPS) is 10.9. The van der Waals surface area contributed by atoms with E-state index in [9.17, 15) is 18.0 Å². The molecule has 4 aromatic rings. The lowest BCUT2D eigenvalue weighted by atomic mass is 10.0. The summed E-state index contributed by atoms with van der Waals surface area (Å²) >= 11 is 0. The van der Waals surface area contributed by atoms with Gasteiger partial charge in [-0.25, -0.2) is 13.6 Å². The molecule has 0 aliphatic heterocycles. The molecule has 0 fully saturated rings. The Morgan fingerprint density at radius 3 is 2.06 bits per heavy atom. The van der Waals surface area contributed by atoms with Crippen LogP contribution in [0.25, 0.3) is 22.3 Å². The van der Waals surface area contributed by atoms with Gasteiger partial charge in [-0.1, -0.05) is 61.9 Å². The molecule has 0 N–H and O–H groups in total. The van der Waals surface area contributed by atoms with Gasteiger partial charge in [0.2, 0.25) is 5.82 Å². The zero-order valence-corrected chi connectivity index (χ0v) is 18.9. The largest absolute Gasteiger partial charge is 0.420 e. The molecule has 172 valence electrons. The van der Waals surface area contributed by atoms with Gasteiger partial charge in [0, 0.05) is 5.56 Å². The number of halogens is 3. The molecule has 0 radical (unpaired) electrons. The summed E-state index contributed by atoms with van der Waals surface area (Å²) in [5.41, 5.74) is 3.82. The van der Waals surface area contributed by atoms with Gasteiger partial charge in [-0.3, -0.25) is 0 Å². The van der Waals surface area contributed by atoms with E-state index >= 15 is 0 Å². The van der Waals surface area contributed by atoms with Gasteiger partial charge in [-0.2, -0.15) is 4.39 Å². The highest BCUT2D eigenvalue weighted by atomic mass is 19.2. The van der Waals surface area contributed by atoms with Crippen LogP contribution in [0, 0.1) is 24.4 Å². The third-order valence-corrected chi connectivity index (χ3v) is 5.68. The number of esters is 1. The van der Waals surface area contributed by atoms with Crippen molar-refractivity contribution in [1.82, 2.24) is 0 Å². The number of rotatable bonds is 6. The molecule has 0 aliphatic carbocycles. The zero-order chi connectivity index (χ0) is 24.2. The second-order valence-corrected chi connectivity index (χ2v) is 8.12. The van der Waals surface area contributed by atoms with Crippen molar-refractivity contribution < 1.29 is 22.7 Å². The fourth-order valence-electron chi connectivity index (χ4n) is 3.70. The van der Waals surface area contributed by atoms with Crippen LogP contribution >= 0.6 is 0 Å². The minimum absolute atomic E-state index is 0.0926. The maximum absolute atomic E-state index is 14.8. The fraction of sp³-hybridized carbons (Fsp3) is 0.138. The van der Waals surface area contributed by atoms with Gasteiger partial charge in [0.05, 0.1) is 5.56 Å². The topological polar surface area (TPSA) is 26.3 Å². The first-order chi connectivity index (χ1) is 16.4. The average Bonchev–Trinajstić information content (AvgIpc) is 2.85. The monoisotopic (exact) mass is 460 g/mol. The Morgan fingerprint density at radius 2 is 1.41 bits per heavy atom. The minimum Gasteiger partial charge on any atom is -0.420 e. The summed E-state index contributed by atoms with van der Waals surface area (Å²) in [5.74, 6) is -3.94. The van der Waals surface area contributed by atoms with E-state index in [4.69, 9.17) is 4.74 Å². The first-order valence-corrected chi connectivity index (χ1v) is 11.0. The zero-order valence-electron chi connectivity index (χ0n) is 18.9. The molecular formula is C29H23F3O2. The lowest BCUT2D eigenvalue weighted by Gasteiger charge is -2.10. The number of aryl methyl sites for hydroxylation is 2. The van der Waals surface area contributed by atoms with Crippen molar-refractivity contribution in [3.05, 3.63) is 113 Å². The molecule has 0 spiro atoms. The molecule has 0 saturated carbocycles. The molecule has 0 atom stereocenters. The minimum atomic E-state index is -1.23. The van der Waals surface area contributed by atoms with Crippen molar-refractivity contribution in [2.45, 2.75) is 26.7 Å². The van der Waals surface area contributed by atoms with E-state index in [0.717, 1.165) is 18.4 Å². The van der Waals surface area contributed by atoms with Crippen LogP contribution in [0.3, 0.4) is 0 Å². The number of carbonyl (C=O) groups is 1. The summed E-state index contributed by atoms with van der Waals surface area (Å²) < 4.78 is 48.4. The molecule has 34 heavy (non-hydrogen) atoms. The third kappa shape index (κ3) is 4.88. The Kier molecular flexibility index (Phi) is 6.82. The molecule has 0 bridgehead atoms. The molecule has 2 nitrogen and oxygen atoms in total. The molecule has 0 aromatic heterocycles. The number of hydrogen-bond acceptors (Lipinski definition) is 2. The van der Waals surface area contributed by atoms with Gasteiger partial charge in [-0.15, -0.1) is 0 Å². The highest BCUT2D eigenvalue weighted by Crippen LogP contribution is 2.31. The lowest BCUT2D eigenvalue weighted by Crippen LogP contribution is -2.10. The first kappa shape index (κ1) is 23.3. The highest BCUT2D eigenvalue weighted by Gasteiger charge is 2.19. The van der Waals surface area contributed by atoms with Crippen LogP contribution in [0.15, 0.2) is 78.9 Å². The summed E-state index contributed by atoms with van der Waals surface area (Å²) in [7, 11) is 0. The van der Waals surface area contributed by atoms with Crippen LogP contribution in [-0.4, -0.2) is 5.97 Å². The average molecular weight is 460 g/mol. The molecule has 4 rings (SSSR count). The van der Waals surface area contributed by atoms with Gasteiger partial charge in [0.25, 0.3) is 0 Å². The third-order valence-electron chi connectivity index (χ3n) is 5.68. The lowest BCUT2D eigenvalue weighted by molar-refractivity contribution is 0.0727. The molecule has 0 saturated heterocycles. The van der Waals surface area contributed by atoms with Crippen LogP contribution in [0.2, 0.25) is 0 Å². The molecular weight excluding hydrogens is 437 g/mol. The van der Waals surface area contributed by atoms with Gasteiger partial charge >= 0.3 is 5.97 Å². The summed E-state index contributed by atoms with van der Waals surface area (Å²) in [6.45, 7) is 3.75. The van der Waals surface area contributed by atoms with Gasteiger partial charge in [0.1, 0.15) is 5.82 Å². The summed E-state index contributed by atoms with van der Waals surface area (Å²) in [6, 6.07) is 21.1. The highest BCUT2D eigenvalue weighted by molar-refractivity contribution is 5.91. The van der Waals surface area contributed by atoms with Crippen LogP contribution in [-0.2, 0) is 6.42 Å². The predicted molar refractivity (Wildman–Crippen MR) is 127 cm³/mol. The van der Waals surface area contributed by atoms with E-state index in [0.29, 0.717) is 22.3 Å². The summed E-state index contributed by atoms with van der Waals surface area (Å²) in [6.07, 6.45) is 1.91. The van der Waals surface area contributed by atoms with Gasteiger partial charge in [0.15, 0.2) is 11.6 Å². The number of ether oxygens (including phenoxy) is 1. The van der Waals surface area contributed by atoms with Crippen LogP contribution in [0.1, 0.15) is 34.8 Å². The standard InChI is InChI=1S/C29H23F3O2/c1-3-4-19-6-9-21(10-7-19)24-15-16-26(28(32)27(24)31)34-29(33)22-13-11-20(12-14-22)23-8-5-18(2)25(30)17-23/h5-17H,3-4H2,1-2H3. The summed E-state index contributed by atoms with van der Waals surface area (Å²) in [5, 5.41) is 0. The Morgan fingerprint density at radius 1 is 0.765 bits per heavy atom. The van der Waals surface area contributed by atoms with Crippen molar-refractivity contribution >= 4 is 5.97 Å². The quantitative estimate of drug-likeness (QED) is 0.216. The SMILES string of the molecule is CCCc1ccc(-c2ccc(OC(=O)c3ccc(-c4ccc(C)c(F)c4)cc3)c(F)c2F)cc1. The number of benzene rings is 4. The number of carbonyl (C=O) groups excluding carboxylic acids is 1. The predicted octanol–water partition coefficient (Wildman–Crippen LogP) is 7.92. The van der Waals surface area contributed by atoms with Crippen LogP contribution in [0.4, 0.5) is 13.2 Å². The van der Waals surface area contributed by atoms with Crippen molar-refractivity contribution in [3.63, 3.8) is 0 Å². The first-order valence-electron chi connectivity index (χ1n) is 11.0. The van der Waals surface area contributed by atoms with E-state index in [1.807, 2.05) is 12.1 Å². The van der Waals surface area contributed by atoms with Gasteiger partial charge in [-0.05, 0) is 71.5 Å². The van der Waals surface area contributed by atoms with E-state index in [2.05, 4.69) is 6.92 Å². The number of hydrogen-bond donors (Lipinski definition) is 0. The van der Waals surface area contributed by atoms with Gasteiger partial charge < -0.3 is 4.74 Å². The van der Waals surface area contributed by atoms with Crippen molar-refractivity contribution in [2.75, 3.05) is 0 Å². The fourth-order valence-corrected chi connectivity index (χ4v) is 3.70. The Labute approximate surface area is 196 Å². The van der Waals surface area contributed by atoms with Crippen molar-refractivity contribution in [2.24, 2.45) is 0 Å². The van der Waals surface area contributed by atoms with Crippen LogP contribution < -0.4 is 4.74 Å². The molecule has 5 heteroatoms. The summed E-state index contributed by atoms with van der Waals surface area (Å²) in [4.78, 5) is 12.5. The molecule has 0 heterocycles. The maximum Gasteiger partial charge on any atom is 0.343 e. The molecule has 4 aromatic carbocycles. The van der Waals surface area contributed by atoms with Crippen molar-refractivity contribution in [3.8, 4) is 28.0 Å². The van der Waals surface area contributed by atoms with Crippen LogP contribution in [0.5, 0.6) is 5.75 Å². The van der Waals surface area contributed by atoms with E-state index in [1.165, 1.54) is 30.3 Å². The van der Waals surface area contributed by atoms with Crippen molar-refractivity contribution in [1.29, 1.82) is 0 Å². The van der Waals surface area contributed by atoms with E-state index in [1.54, 1.807) is 43.3 Å². The Balaban J connectivity index is 1.51. The second-order valence-electron chi connectivity index (χ2n) is 8.12. The smallest absolute Gasteiger partial charge is 0.343 e. The Hall–Kier alpha value is -3.86. The Bertz CT molecular complexity index is 1330. The molecule has 0 unspecified atom stereocenters. The maximum atomic E-state index is 14.8. The second kappa shape index (κ2) is 9.96. The molecule has 0 aliphatic rings. The van der Waals surface area contributed by atoms with E-state index < -0.39 is 23.4 Å². The molecule has 0 amide bonds.